The van der Waals surface area contributed by atoms with Crippen LogP contribution in [0.25, 0.3) is 0 Å². The van der Waals surface area contributed by atoms with Gasteiger partial charge in [0.1, 0.15) is 0 Å². The fourth-order valence-corrected chi connectivity index (χ4v) is 3.42. The van der Waals surface area contributed by atoms with E-state index in [4.69, 9.17) is 0 Å². The predicted octanol–water partition coefficient (Wildman–Crippen LogP) is 3.56. The molecule has 1 fully saturated rings. The molecule has 2 aromatic rings. The van der Waals surface area contributed by atoms with Gasteiger partial charge in [0.25, 0.3) is 0 Å². The van der Waals surface area contributed by atoms with Gasteiger partial charge in [0, 0.05) is 24.8 Å². The van der Waals surface area contributed by atoms with Gasteiger partial charge in [-0.1, -0.05) is 29.8 Å². The lowest BCUT2D eigenvalue weighted by Crippen LogP contribution is -2.39. The van der Waals surface area contributed by atoms with E-state index in [2.05, 4.69) is 46.7 Å². The molecule has 2 N–H and O–H groups in total. The number of amides is 2. The summed E-state index contributed by atoms with van der Waals surface area (Å²) in [5.41, 5.74) is 3.94. The maximum atomic E-state index is 12.7. The van der Waals surface area contributed by atoms with Crippen molar-refractivity contribution in [1.29, 1.82) is 0 Å². The predicted molar refractivity (Wildman–Crippen MR) is 104 cm³/mol. The smallest absolute Gasteiger partial charge is 0.241 e. The number of carbonyl (C=O) groups excluding carboxylic acids is 2. The number of nitrogens with one attached hydrogen (secondary N) is 2. The number of hydrogen-bond acceptors (Lipinski definition) is 3. The third-order valence-corrected chi connectivity index (χ3v) is 4.61. The van der Waals surface area contributed by atoms with Crippen LogP contribution >= 0.6 is 0 Å². The van der Waals surface area contributed by atoms with E-state index < -0.39 is 0 Å². The van der Waals surface area contributed by atoms with Crippen molar-refractivity contribution >= 4 is 23.2 Å². The van der Waals surface area contributed by atoms with Crippen molar-refractivity contribution in [2.24, 2.45) is 0 Å². The van der Waals surface area contributed by atoms with Crippen molar-refractivity contribution < 1.29 is 9.59 Å². The number of anilines is 2. The van der Waals surface area contributed by atoms with Crippen LogP contribution in [0.1, 0.15) is 30.9 Å². The molecule has 0 aliphatic carbocycles. The van der Waals surface area contributed by atoms with Gasteiger partial charge in [-0.15, -0.1) is 0 Å². The standard InChI is InChI=1S/C21H25N3O2/c1-15-5-3-6-17(13-15)14-24-12-4-7-20(24)21(26)23-19-10-8-18(9-11-19)22-16(2)25/h3,5-6,8-11,13,20H,4,7,12,14H2,1-2H3,(H,22,25)(H,23,26). The van der Waals surface area contributed by atoms with Crippen LogP contribution in [0.5, 0.6) is 0 Å². The molecule has 1 atom stereocenters. The first-order chi connectivity index (χ1) is 12.5. The van der Waals surface area contributed by atoms with Gasteiger partial charge in [-0.25, -0.2) is 0 Å². The van der Waals surface area contributed by atoms with E-state index in [1.807, 2.05) is 12.1 Å². The maximum Gasteiger partial charge on any atom is 0.241 e. The number of nitrogens with zero attached hydrogens (tertiary/aromatic N) is 1. The third kappa shape index (κ3) is 4.70. The Kier molecular flexibility index (Phi) is 5.68. The van der Waals surface area contributed by atoms with E-state index in [-0.39, 0.29) is 17.9 Å². The highest BCUT2D eigenvalue weighted by atomic mass is 16.2. The van der Waals surface area contributed by atoms with Crippen LogP contribution in [0.4, 0.5) is 11.4 Å². The first kappa shape index (κ1) is 18.1. The number of likely N-dealkylation sites (tertiary alicyclic amines) is 1. The average molecular weight is 351 g/mol. The molecule has 0 spiro atoms. The normalized spacial score (nSPS) is 17.1. The SMILES string of the molecule is CC(=O)Nc1ccc(NC(=O)C2CCCN2Cc2cccc(C)c2)cc1. The fraction of sp³-hybridized carbons (Fsp3) is 0.333. The zero-order valence-electron chi connectivity index (χ0n) is 15.3. The molecule has 3 rings (SSSR count). The quantitative estimate of drug-likeness (QED) is 0.866. The van der Waals surface area contributed by atoms with E-state index in [9.17, 15) is 9.59 Å². The molecule has 1 saturated heterocycles. The summed E-state index contributed by atoms with van der Waals surface area (Å²) in [5, 5.41) is 5.72. The molecule has 5 heteroatoms. The van der Waals surface area contributed by atoms with Crippen molar-refractivity contribution in [2.45, 2.75) is 39.3 Å². The summed E-state index contributed by atoms with van der Waals surface area (Å²) >= 11 is 0. The Hall–Kier alpha value is -2.66. The molecule has 1 aliphatic rings. The van der Waals surface area contributed by atoms with Gasteiger partial charge in [-0.3, -0.25) is 14.5 Å². The Balaban J connectivity index is 1.62. The Morgan fingerprint density at radius 2 is 1.77 bits per heavy atom. The zero-order valence-corrected chi connectivity index (χ0v) is 15.3. The summed E-state index contributed by atoms with van der Waals surface area (Å²) in [4.78, 5) is 26.0. The van der Waals surface area contributed by atoms with Crippen LogP contribution in [0, 0.1) is 6.92 Å². The second-order valence-electron chi connectivity index (χ2n) is 6.87. The van der Waals surface area contributed by atoms with Crippen LogP contribution in [-0.4, -0.2) is 29.3 Å². The van der Waals surface area contributed by atoms with Crippen molar-refractivity contribution in [3.63, 3.8) is 0 Å². The fourth-order valence-electron chi connectivity index (χ4n) is 3.42. The van der Waals surface area contributed by atoms with Gasteiger partial charge in [0.2, 0.25) is 11.8 Å². The number of hydrogen-bond donors (Lipinski definition) is 2. The lowest BCUT2D eigenvalue weighted by atomic mass is 10.1. The van der Waals surface area contributed by atoms with Crippen LogP contribution in [0.15, 0.2) is 48.5 Å². The zero-order chi connectivity index (χ0) is 18.5. The second kappa shape index (κ2) is 8.15. The van der Waals surface area contributed by atoms with Crippen LogP contribution in [0.2, 0.25) is 0 Å². The number of carbonyl (C=O) groups is 2. The van der Waals surface area contributed by atoms with Crippen LogP contribution < -0.4 is 10.6 Å². The molecule has 1 unspecified atom stereocenters. The first-order valence-corrected chi connectivity index (χ1v) is 8.99. The van der Waals surface area contributed by atoms with Crippen molar-refractivity contribution in [1.82, 2.24) is 4.90 Å². The summed E-state index contributed by atoms with van der Waals surface area (Å²) in [6.45, 7) is 5.29. The van der Waals surface area contributed by atoms with E-state index in [1.165, 1.54) is 18.1 Å². The summed E-state index contributed by atoms with van der Waals surface area (Å²) < 4.78 is 0. The lowest BCUT2D eigenvalue weighted by Gasteiger charge is -2.24. The molecule has 26 heavy (non-hydrogen) atoms. The molecule has 136 valence electrons. The molecule has 0 saturated carbocycles. The highest BCUT2D eigenvalue weighted by Gasteiger charge is 2.30. The number of rotatable bonds is 5. The molecule has 0 bridgehead atoms. The monoisotopic (exact) mass is 351 g/mol. The summed E-state index contributed by atoms with van der Waals surface area (Å²) in [7, 11) is 0. The number of aryl methyl sites for hydroxylation is 1. The summed E-state index contributed by atoms with van der Waals surface area (Å²) in [6.07, 6.45) is 1.91. The molecule has 0 aromatic heterocycles. The minimum atomic E-state index is -0.112. The van der Waals surface area contributed by atoms with Crippen LogP contribution in [-0.2, 0) is 16.1 Å². The Bertz CT molecular complexity index is 786. The molecule has 2 aromatic carbocycles. The van der Waals surface area contributed by atoms with Crippen LogP contribution in [0.3, 0.4) is 0 Å². The maximum absolute atomic E-state index is 12.7. The molecular weight excluding hydrogens is 326 g/mol. The van der Waals surface area contributed by atoms with Gasteiger partial charge < -0.3 is 10.6 Å². The Labute approximate surface area is 154 Å². The third-order valence-electron chi connectivity index (χ3n) is 4.61. The highest BCUT2D eigenvalue weighted by Crippen LogP contribution is 2.22. The highest BCUT2D eigenvalue weighted by molar-refractivity contribution is 5.95. The summed E-state index contributed by atoms with van der Waals surface area (Å²) in [6, 6.07) is 15.5. The van der Waals surface area contributed by atoms with E-state index >= 15 is 0 Å². The molecule has 1 aliphatic heterocycles. The van der Waals surface area contributed by atoms with Gasteiger partial charge in [-0.05, 0) is 56.1 Å². The van der Waals surface area contributed by atoms with Crippen molar-refractivity contribution in [3.05, 3.63) is 59.7 Å². The second-order valence-corrected chi connectivity index (χ2v) is 6.87. The van der Waals surface area contributed by atoms with Gasteiger partial charge in [0.15, 0.2) is 0 Å². The topological polar surface area (TPSA) is 61.4 Å². The minimum Gasteiger partial charge on any atom is -0.326 e. The van der Waals surface area contributed by atoms with Crippen molar-refractivity contribution in [2.75, 3.05) is 17.2 Å². The average Bonchev–Trinajstić information content (AvgIpc) is 3.04. The van der Waals surface area contributed by atoms with Gasteiger partial charge in [-0.2, -0.15) is 0 Å². The molecule has 5 nitrogen and oxygen atoms in total. The Morgan fingerprint density at radius 1 is 1.08 bits per heavy atom. The van der Waals surface area contributed by atoms with E-state index in [1.54, 1.807) is 12.1 Å². The Morgan fingerprint density at radius 3 is 2.42 bits per heavy atom. The lowest BCUT2D eigenvalue weighted by molar-refractivity contribution is -0.120. The largest absolute Gasteiger partial charge is 0.326 e. The molecule has 2 amide bonds. The van der Waals surface area contributed by atoms with E-state index in [0.29, 0.717) is 0 Å². The summed E-state index contributed by atoms with van der Waals surface area (Å²) in [5.74, 6) is -0.0815. The molecule has 1 heterocycles. The van der Waals surface area contributed by atoms with Gasteiger partial charge in [0.05, 0.1) is 6.04 Å². The number of benzene rings is 2. The minimum absolute atomic E-state index is 0.0300. The van der Waals surface area contributed by atoms with Gasteiger partial charge >= 0.3 is 0 Å². The molecular formula is C21H25N3O2. The van der Waals surface area contributed by atoms with E-state index in [0.717, 1.165) is 37.3 Å². The van der Waals surface area contributed by atoms with Crippen molar-refractivity contribution in [3.8, 4) is 0 Å². The molecule has 0 radical (unpaired) electrons. The first-order valence-electron chi connectivity index (χ1n) is 8.99.